The Morgan fingerprint density at radius 1 is 1.09 bits per heavy atom. The molecule has 11 heavy (non-hydrogen) atoms. The molecule has 0 spiro atoms. The number of rotatable bonds is 1. The Kier molecular flexibility index (Phi) is 3.19. The van der Waals surface area contributed by atoms with Crippen LogP contribution in [0.5, 0.6) is 0 Å². The normalized spacial score (nSPS) is 10.3. The minimum absolute atomic E-state index is 0. The third-order valence-corrected chi connectivity index (χ3v) is 2.30. The summed E-state index contributed by atoms with van der Waals surface area (Å²) in [5, 5.41) is 0. The van der Waals surface area contributed by atoms with E-state index < -0.39 is 9.84 Å². The highest BCUT2D eigenvalue weighted by Gasteiger charge is 2.02. The lowest BCUT2D eigenvalue weighted by Crippen LogP contribution is -1.95. The number of sulfone groups is 1. The number of benzene rings is 1. The molecule has 0 amide bonds. The summed E-state index contributed by atoms with van der Waals surface area (Å²) in [6.07, 6.45) is 1.20. The molecule has 0 saturated carbocycles. The minimum Gasteiger partial charge on any atom is -0.269 e. The monoisotopic (exact) mass is 176 g/mol. The van der Waals surface area contributed by atoms with Crippen molar-refractivity contribution < 1.29 is 13.1 Å². The van der Waals surface area contributed by atoms with E-state index in [2.05, 4.69) is 0 Å². The summed E-state index contributed by atoms with van der Waals surface area (Å²) in [6, 6.07) is 8.35. The highest BCUT2D eigenvalue weighted by atomic mass is 32.2. The number of halogens is 1. The van der Waals surface area contributed by atoms with E-state index in [0.29, 0.717) is 4.90 Å². The van der Waals surface area contributed by atoms with E-state index in [1.54, 1.807) is 30.3 Å². The van der Waals surface area contributed by atoms with Crippen molar-refractivity contribution in [3.63, 3.8) is 0 Å². The lowest BCUT2D eigenvalue weighted by atomic mass is 10.4. The molecular formula is C7H9FO2S. The average Bonchev–Trinajstić information content (AvgIpc) is 1.88. The molecule has 1 rings (SSSR count). The van der Waals surface area contributed by atoms with E-state index in [0.717, 1.165) is 0 Å². The van der Waals surface area contributed by atoms with Gasteiger partial charge in [-0.3, -0.25) is 4.70 Å². The average molecular weight is 176 g/mol. The Morgan fingerprint density at radius 3 is 1.82 bits per heavy atom. The molecule has 0 atom stereocenters. The highest BCUT2D eigenvalue weighted by molar-refractivity contribution is 7.90. The van der Waals surface area contributed by atoms with Crippen LogP contribution in [0.2, 0.25) is 0 Å². The van der Waals surface area contributed by atoms with Gasteiger partial charge in [0.2, 0.25) is 0 Å². The third kappa shape index (κ3) is 2.67. The fraction of sp³-hybridized carbons (Fsp3) is 0.143. The zero-order chi connectivity index (χ0) is 7.61. The maximum Gasteiger partial charge on any atom is 0.175 e. The summed E-state index contributed by atoms with van der Waals surface area (Å²) in [6.45, 7) is 0. The number of hydrogen-bond donors (Lipinski definition) is 0. The van der Waals surface area contributed by atoms with Crippen LogP contribution in [0.3, 0.4) is 0 Å². The summed E-state index contributed by atoms with van der Waals surface area (Å²) in [5.41, 5.74) is 0. The Hall–Kier alpha value is -0.900. The van der Waals surface area contributed by atoms with E-state index in [9.17, 15) is 8.42 Å². The van der Waals surface area contributed by atoms with Crippen molar-refractivity contribution in [2.45, 2.75) is 4.90 Å². The molecule has 0 fully saturated rings. The van der Waals surface area contributed by atoms with E-state index >= 15 is 0 Å². The van der Waals surface area contributed by atoms with Crippen molar-refractivity contribution in [1.29, 1.82) is 0 Å². The molecule has 2 nitrogen and oxygen atoms in total. The van der Waals surface area contributed by atoms with Gasteiger partial charge in [0.15, 0.2) is 9.84 Å². The Labute approximate surface area is 65.2 Å². The summed E-state index contributed by atoms with van der Waals surface area (Å²) in [4.78, 5) is 0.370. The Balaban J connectivity index is 0.000001000. The predicted octanol–water partition coefficient (Wildman–Crippen LogP) is 1.24. The summed E-state index contributed by atoms with van der Waals surface area (Å²) >= 11 is 0. The fourth-order valence-corrected chi connectivity index (χ4v) is 1.32. The van der Waals surface area contributed by atoms with Gasteiger partial charge in [-0.25, -0.2) is 8.42 Å². The van der Waals surface area contributed by atoms with Crippen LogP contribution in [-0.2, 0) is 9.84 Å². The van der Waals surface area contributed by atoms with Crippen LogP contribution in [0.15, 0.2) is 35.2 Å². The molecule has 0 saturated heterocycles. The molecule has 0 aliphatic rings. The molecule has 0 aromatic heterocycles. The second-order valence-electron chi connectivity index (χ2n) is 2.09. The highest BCUT2D eigenvalue weighted by Crippen LogP contribution is 2.05. The fourth-order valence-electron chi connectivity index (χ4n) is 0.668. The largest absolute Gasteiger partial charge is 0.269 e. The van der Waals surface area contributed by atoms with Crippen LogP contribution in [0.25, 0.3) is 0 Å². The maximum atomic E-state index is 10.8. The molecule has 0 radical (unpaired) electrons. The van der Waals surface area contributed by atoms with Crippen LogP contribution >= 0.6 is 0 Å². The van der Waals surface area contributed by atoms with Crippen LogP contribution in [0.4, 0.5) is 4.70 Å². The molecule has 62 valence electrons. The van der Waals surface area contributed by atoms with Crippen molar-refractivity contribution in [2.75, 3.05) is 6.26 Å². The Bertz CT molecular complexity index is 304. The zero-order valence-electron chi connectivity index (χ0n) is 6.02. The molecule has 0 N–H and O–H groups in total. The van der Waals surface area contributed by atoms with Crippen LogP contribution in [0.1, 0.15) is 0 Å². The standard InChI is InChI=1S/C7H8O2S.FH/c1-10(8,9)7-5-3-2-4-6-7;/h2-6H,1H3;1H. The minimum atomic E-state index is -3.00. The zero-order valence-corrected chi connectivity index (χ0v) is 6.84. The summed E-state index contributed by atoms with van der Waals surface area (Å²) in [7, 11) is -3.00. The molecule has 0 unspecified atom stereocenters. The third-order valence-electron chi connectivity index (χ3n) is 1.17. The smallest absolute Gasteiger partial charge is 0.175 e. The van der Waals surface area contributed by atoms with Gasteiger partial charge in [-0.1, -0.05) is 18.2 Å². The van der Waals surface area contributed by atoms with Crippen molar-refractivity contribution in [3.05, 3.63) is 30.3 Å². The van der Waals surface area contributed by atoms with Gasteiger partial charge in [0.05, 0.1) is 4.90 Å². The van der Waals surface area contributed by atoms with Gasteiger partial charge in [0.1, 0.15) is 0 Å². The van der Waals surface area contributed by atoms with Gasteiger partial charge in [0.25, 0.3) is 0 Å². The van der Waals surface area contributed by atoms with Crippen LogP contribution in [-0.4, -0.2) is 14.7 Å². The van der Waals surface area contributed by atoms with Crippen molar-refractivity contribution in [2.24, 2.45) is 0 Å². The van der Waals surface area contributed by atoms with Gasteiger partial charge < -0.3 is 0 Å². The van der Waals surface area contributed by atoms with Crippen LogP contribution < -0.4 is 0 Å². The first-order valence-corrected chi connectivity index (χ1v) is 4.75. The summed E-state index contributed by atoms with van der Waals surface area (Å²) < 4.78 is 21.7. The van der Waals surface area contributed by atoms with E-state index in [1.165, 1.54) is 6.26 Å². The molecule has 0 heterocycles. The molecule has 0 aliphatic carbocycles. The second-order valence-corrected chi connectivity index (χ2v) is 4.10. The molecule has 0 aliphatic heterocycles. The van der Waals surface area contributed by atoms with Crippen molar-refractivity contribution >= 4 is 9.84 Å². The summed E-state index contributed by atoms with van der Waals surface area (Å²) in [5.74, 6) is 0. The maximum absolute atomic E-state index is 10.8. The molecule has 0 bridgehead atoms. The lowest BCUT2D eigenvalue weighted by molar-refractivity contribution is 0.602. The van der Waals surface area contributed by atoms with Gasteiger partial charge in [0, 0.05) is 6.26 Å². The first kappa shape index (κ1) is 10.1. The first-order chi connectivity index (χ1) is 4.61. The predicted molar refractivity (Wildman–Crippen MR) is 42.1 cm³/mol. The van der Waals surface area contributed by atoms with Gasteiger partial charge >= 0.3 is 0 Å². The number of hydrogen-bond acceptors (Lipinski definition) is 2. The molecule has 4 heteroatoms. The Morgan fingerprint density at radius 2 is 1.55 bits per heavy atom. The van der Waals surface area contributed by atoms with Crippen molar-refractivity contribution in [3.8, 4) is 0 Å². The topological polar surface area (TPSA) is 34.1 Å². The first-order valence-electron chi connectivity index (χ1n) is 2.86. The lowest BCUT2D eigenvalue weighted by Gasteiger charge is -1.93. The van der Waals surface area contributed by atoms with Crippen LogP contribution in [0, 0.1) is 0 Å². The molecule has 1 aromatic rings. The van der Waals surface area contributed by atoms with Gasteiger partial charge in [-0.05, 0) is 12.1 Å². The molecular weight excluding hydrogens is 167 g/mol. The van der Waals surface area contributed by atoms with Crippen molar-refractivity contribution in [1.82, 2.24) is 0 Å². The second kappa shape index (κ2) is 3.48. The molecule has 1 aromatic carbocycles. The van der Waals surface area contributed by atoms with Gasteiger partial charge in [-0.2, -0.15) is 0 Å². The SMILES string of the molecule is CS(=O)(=O)c1ccccc1.F. The van der Waals surface area contributed by atoms with E-state index in [1.807, 2.05) is 0 Å². The quantitative estimate of drug-likeness (QED) is 0.645. The van der Waals surface area contributed by atoms with E-state index in [-0.39, 0.29) is 4.70 Å². The van der Waals surface area contributed by atoms with E-state index in [4.69, 9.17) is 0 Å². The van der Waals surface area contributed by atoms with Gasteiger partial charge in [-0.15, -0.1) is 0 Å².